The van der Waals surface area contributed by atoms with Crippen molar-refractivity contribution in [1.29, 1.82) is 0 Å². The number of hydrogen-bond donors (Lipinski definition) is 2. The summed E-state index contributed by atoms with van der Waals surface area (Å²) < 4.78 is 7.01. The molecule has 0 aliphatic carbocycles. The fourth-order valence-corrected chi connectivity index (χ4v) is 5.20. The molecule has 0 saturated carbocycles. The number of para-hydroxylation sites is 1. The zero-order chi connectivity index (χ0) is 27.4. The highest BCUT2D eigenvalue weighted by Crippen LogP contribution is 2.40. The van der Waals surface area contributed by atoms with Crippen LogP contribution in [-0.2, 0) is 9.53 Å². The Kier molecular flexibility index (Phi) is 7.69. The molecule has 1 amide bonds. The molecule has 0 spiro atoms. The maximum absolute atomic E-state index is 12.9. The summed E-state index contributed by atoms with van der Waals surface area (Å²) in [5.74, 6) is -0.524. The molecule has 8 nitrogen and oxygen atoms in total. The van der Waals surface area contributed by atoms with E-state index in [2.05, 4.69) is 15.6 Å². The maximum atomic E-state index is 12.9. The maximum Gasteiger partial charge on any atom is 0.339 e. The van der Waals surface area contributed by atoms with Crippen LogP contribution >= 0.6 is 12.2 Å². The first-order chi connectivity index (χ1) is 19.0. The summed E-state index contributed by atoms with van der Waals surface area (Å²) in [7, 11) is 1.37. The van der Waals surface area contributed by atoms with Gasteiger partial charge in [0.1, 0.15) is 0 Å². The number of aryl methyl sites for hydroxylation is 1. The molecule has 4 aromatic rings. The fraction of sp³-hybridized carbons (Fsp3) is 0.200. The van der Waals surface area contributed by atoms with Crippen LogP contribution in [0.5, 0.6) is 0 Å². The van der Waals surface area contributed by atoms with Crippen molar-refractivity contribution in [3.8, 4) is 5.69 Å². The smallest absolute Gasteiger partial charge is 0.339 e. The quantitative estimate of drug-likeness (QED) is 0.241. The van der Waals surface area contributed by atoms with Gasteiger partial charge in [-0.1, -0.05) is 35.9 Å². The highest BCUT2D eigenvalue weighted by atomic mass is 32.1. The van der Waals surface area contributed by atoms with Crippen LogP contribution in [0, 0.1) is 6.92 Å². The van der Waals surface area contributed by atoms with E-state index in [-0.39, 0.29) is 24.4 Å². The van der Waals surface area contributed by atoms with E-state index in [0.29, 0.717) is 22.9 Å². The summed E-state index contributed by atoms with van der Waals surface area (Å²) in [6.07, 6.45) is 3.90. The monoisotopic (exact) mass is 539 g/mol. The highest BCUT2D eigenvalue weighted by molar-refractivity contribution is 7.80. The Morgan fingerprint density at radius 2 is 1.79 bits per heavy atom. The molecule has 198 valence electrons. The van der Waals surface area contributed by atoms with Crippen LogP contribution in [-0.4, -0.2) is 45.1 Å². The van der Waals surface area contributed by atoms with E-state index >= 15 is 0 Å². The third-order valence-corrected chi connectivity index (χ3v) is 7.12. The van der Waals surface area contributed by atoms with E-state index in [9.17, 15) is 9.59 Å². The van der Waals surface area contributed by atoms with Gasteiger partial charge in [0.05, 0.1) is 36.1 Å². The molecule has 2 N–H and O–H groups in total. The molecule has 39 heavy (non-hydrogen) atoms. The first-order valence-electron chi connectivity index (χ1n) is 12.7. The molecule has 1 fully saturated rings. The van der Waals surface area contributed by atoms with Crippen LogP contribution in [0.25, 0.3) is 5.69 Å². The van der Waals surface area contributed by atoms with Gasteiger partial charge in [-0.05, 0) is 67.7 Å². The number of carbonyl (C=O) groups excluding carboxylic acids is 2. The molecule has 3 heterocycles. The van der Waals surface area contributed by atoms with Gasteiger partial charge >= 0.3 is 5.97 Å². The number of nitrogens with zero attached hydrogens (tertiary/aromatic N) is 3. The highest BCUT2D eigenvalue weighted by Gasteiger charge is 2.41. The summed E-state index contributed by atoms with van der Waals surface area (Å²) in [5, 5.41) is 6.92. The minimum absolute atomic E-state index is 0.104. The van der Waals surface area contributed by atoms with Crippen LogP contribution in [0.15, 0.2) is 91.3 Å². The number of hydrogen-bond acceptors (Lipinski definition) is 5. The van der Waals surface area contributed by atoms with Crippen LogP contribution < -0.4 is 10.6 Å². The first kappa shape index (κ1) is 26.1. The molecule has 9 heteroatoms. The van der Waals surface area contributed by atoms with Gasteiger partial charge in [-0.3, -0.25) is 9.78 Å². The topological polar surface area (TPSA) is 88.5 Å². The van der Waals surface area contributed by atoms with Crippen molar-refractivity contribution >= 4 is 34.9 Å². The molecule has 1 aliphatic rings. The van der Waals surface area contributed by atoms with Crippen molar-refractivity contribution in [1.82, 2.24) is 19.8 Å². The average molecular weight is 540 g/mol. The number of carbonyl (C=O) groups is 2. The van der Waals surface area contributed by atoms with Gasteiger partial charge in [0.2, 0.25) is 5.91 Å². The van der Waals surface area contributed by atoms with Crippen LogP contribution in [0.3, 0.4) is 0 Å². The van der Waals surface area contributed by atoms with Gasteiger partial charge in [0.15, 0.2) is 5.11 Å². The minimum Gasteiger partial charge on any atom is -0.465 e. The molecule has 0 radical (unpaired) electrons. The van der Waals surface area contributed by atoms with Gasteiger partial charge in [-0.15, -0.1) is 0 Å². The van der Waals surface area contributed by atoms with Crippen molar-refractivity contribution in [3.05, 3.63) is 114 Å². The number of benzene rings is 2. The number of nitrogens with one attached hydrogen (secondary N) is 2. The second kappa shape index (κ2) is 11.5. The lowest BCUT2D eigenvalue weighted by Gasteiger charge is -2.29. The molecule has 1 aliphatic heterocycles. The fourth-order valence-electron chi connectivity index (χ4n) is 4.87. The summed E-state index contributed by atoms with van der Waals surface area (Å²) in [6, 6.07) is 24.2. The van der Waals surface area contributed by atoms with E-state index in [4.69, 9.17) is 17.0 Å². The molecule has 2 atom stereocenters. The summed E-state index contributed by atoms with van der Waals surface area (Å²) in [4.78, 5) is 32.1. The number of thiocarbonyl (C=S) groups is 1. The van der Waals surface area contributed by atoms with Crippen LogP contribution in [0.1, 0.15) is 45.8 Å². The third-order valence-electron chi connectivity index (χ3n) is 6.77. The van der Waals surface area contributed by atoms with Crippen molar-refractivity contribution in [2.75, 3.05) is 19.0 Å². The van der Waals surface area contributed by atoms with Crippen molar-refractivity contribution in [2.24, 2.45) is 0 Å². The molecule has 1 saturated heterocycles. The Balaban J connectivity index is 1.48. The lowest BCUT2D eigenvalue weighted by Crippen LogP contribution is -2.33. The summed E-state index contributed by atoms with van der Waals surface area (Å²) in [5.41, 5.74) is 4.74. The number of ether oxygens (including phenoxy) is 1. The Hall–Kier alpha value is -4.50. The lowest BCUT2D eigenvalue weighted by atomic mass is 10.0. The van der Waals surface area contributed by atoms with Crippen LogP contribution in [0.2, 0.25) is 0 Å². The summed E-state index contributed by atoms with van der Waals surface area (Å²) in [6.45, 7) is 2.39. The molecular formula is C30H29N5O3S. The Labute approximate surface area is 232 Å². The number of rotatable bonds is 8. The number of amides is 1. The zero-order valence-corrected chi connectivity index (χ0v) is 22.5. The van der Waals surface area contributed by atoms with Gasteiger partial charge in [-0.2, -0.15) is 0 Å². The molecular weight excluding hydrogens is 510 g/mol. The number of esters is 1. The second-order valence-corrected chi connectivity index (χ2v) is 9.68. The van der Waals surface area contributed by atoms with Gasteiger partial charge < -0.3 is 24.8 Å². The second-order valence-electron chi connectivity index (χ2n) is 9.30. The predicted molar refractivity (Wildman–Crippen MR) is 154 cm³/mol. The number of anilines is 1. The number of pyridine rings is 1. The molecule has 5 rings (SSSR count). The SMILES string of the molecule is COC(=O)c1ccccc1-n1cccc1C1C(c2ccccn2)NC(=S)N1CCC(=O)Nc1ccc(C)cc1. The third kappa shape index (κ3) is 5.53. The molecule has 2 unspecified atom stereocenters. The summed E-state index contributed by atoms with van der Waals surface area (Å²) >= 11 is 5.78. The Morgan fingerprint density at radius 1 is 1.03 bits per heavy atom. The number of methoxy groups -OCH3 is 1. The Bertz CT molecular complexity index is 1490. The predicted octanol–water partition coefficient (Wildman–Crippen LogP) is 4.97. The van der Waals surface area contributed by atoms with Crippen LogP contribution in [0.4, 0.5) is 5.69 Å². The van der Waals surface area contributed by atoms with E-state index in [1.807, 2.05) is 89.3 Å². The minimum atomic E-state index is -0.420. The first-order valence-corrected chi connectivity index (χ1v) is 13.1. The number of aromatic nitrogens is 2. The normalized spacial score (nSPS) is 16.6. The largest absolute Gasteiger partial charge is 0.465 e. The molecule has 2 aromatic carbocycles. The van der Waals surface area contributed by atoms with Crippen molar-refractivity contribution < 1.29 is 14.3 Å². The Morgan fingerprint density at radius 3 is 2.54 bits per heavy atom. The van der Waals surface area contributed by atoms with Crippen molar-refractivity contribution in [3.63, 3.8) is 0 Å². The lowest BCUT2D eigenvalue weighted by molar-refractivity contribution is -0.116. The van der Waals surface area contributed by atoms with E-state index in [1.54, 1.807) is 18.3 Å². The molecule has 0 bridgehead atoms. The van der Waals surface area contributed by atoms with Gasteiger partial charge in [-0.25, -0.2) is 4.79 Å². The van der Waals surface area contributed by atoms with Gasteiger partial charge in [0.25, 0.3) is 0 Å². The van der Waals surface area contributed by atoms with Crippen molar-refractivity contribution in [2.45, 2.75) is 25.4 Å². The van der Waals surface area contributed by atoms with E-state index in [0.717, 1.165) is 22.6 Å². The standard InChI is InChI=1S/C30H29N5O3S/c1-20-12-14-21(15-13-20)32-26(36)16-19-35-28(27(33-30(35)39)23-9-5-6-17-31-23)25-11-7-18-34(25)24-10-4-3-8-22(24)29(37)38-2/h3-15,17-18,27-28H,16,19H2,1-2H3,(H,32,36)(H,33,39). The van der Waals surface area contributed by atoms with Gasteiger partial charge in [0, 0.05) is 36.7 Å². The zero-order valence-electron chi connectivity index (χ0n) is 21.7. The van der Waals surface area contributed by atoms with E-state index in [1.165, 1.54) is 7.11 Å². The molecule has 2 aromatic heterocycles. The average Bonchev–Trinajstić information content (AvgIpc) is 3.57. The van der Waals surface area contributed by atoms with E-state index < -0.39 is 5.97 Å².